The normalized spacial score (nSPS) is 11.1. The molecular weight excluding hydrogens is 606 g/mol. The van der Waals surface area contributed by atoms with Crippen LogP contribution >= 0.6 is 0 Å². The maximum atomic E-state index is 13.5. The highest BCUT2D eigenvalue weighted by Crippen LogP contribution is 2.43. The first-order valence-electron chi connectivity index (χ1n) is 14.6. The van der Waals surface area contributed by atoms with Gasteiger partial charge in [-0.05, 0) is 61.0 Å². The van der Waals surface area contributed by atoms with Crippen LogP contribution in [0, 0.1) is 0 Å². The summed E-state index contributed by atoms with van der Waals surface area (Å²) in [6.07, 6.45) is 0. The van der Waals surface area contributed by atoms with Crippen molar-refractivity contribution in [1.29, 1.82) is 0 Å². The van der Waals surface area contributed by atoms with Crippen LogP contribution in [-0.2, 0) is 4.79 Å². The summed E-state index contributed by atoms with van der Waals surface area (Å²) in [5.41, 5.74) is -1.45. The van der Waals surface area contributed by atoms with E-state index in [1.165, 1.54) is 37.4 Å². The fourth-order valence-corrected chi connectivity index (χ4v) is 5.45. The molecule has 11 nitrogen and oxygen atoms in total. The zero-order valence-corrected chi connectivity index (χ0v) is 25.3. The van der Waals surface area contributed by atoms with Crippen LogP contribution in [0.25, 0.3) is 21.9 Å². The lowest BCUT2D eigenvalue weighted by atomic mass is 9.84. The van der Waals surface area contributed by atoms with Crippen molar-refractivity contribution in [3.8, 4) is 28.7 Å². The molecule has 0 aliphatic heterocycles. The third-order valence-corrected chi connectivity index (χ3v) is 7.56. The Hall–Kier alpha value is -6.23. The maximum Gasteiger partial charge on any atom is 0.344 e. The van der Waals surface area contributed by atoms with Gasteiger partial charge in [0.25, 0.3) is 5.91 Å². The standard InChI is InChI=1S/C36H29NO10/c1-3-44-28-18-20(16-17-27(28)45-19-29(38)37-23-12-6-9-15-26(23)43-2)30(31-33(39)21-10-4-7-13-24(21)46-35(31)41)32-34(40)22-11-5-8-14-25(22)47-36(32)42/h4-18,30,39-40H,3,19H2,1-2H3,(H,37,38). The number of para-hydroxylation sites is 4. The molecule has 2 aromatic heterocycles. The summed E-state index contributed by atoms with van der Waals surface area (Å²) in [5.74, 6) is -1.85. The Kier molecular flexibility index (Phi) is 8.52. The summed E-state index contributed by atoms with van der Waals surface area (Å²) < 4.78 is 28.1. The summed E-state index contributed by atoms with van der Waals surface area (Å²) in [6.45, 7) is 1.56. The van der Waals surface area contributed by atoms with Crippen LogP contribution in [-0.4, -0.2) is 36.4 Å². The Balaban J connectivity index is 1.46. The minimum Gasteiger partial charge on any atom is -0.507 e. The average Bonchev–Trinajstić information content (AvgIpc) is 3.07. The highest BCUT2D eigenvalue weighted by molar-refractivity contribution is 5.93. The van der Waals surface area contributed by atoms with Gasteiger partial charge < -0.3 is 38.6 Å². The molecule has 0 saturated carbocycles. The Morgan fingerprint density at radius 1 is 0.745 bits per heavy atom. The molecule has 1 amide bonds. The number of anilines is 1. The van der Waals surface area contributed by atoms with Crippen molar-refractivity contribution in [3.05, 3.63) is 129 Å². The van der Waals surface area contributed by atoms with E-state index >= 15 is 0 Å². The highest BCUT2D eigenvalue weighted by atomic mass is 16.5. The van der Waals surface area contributed by atoms with Gasteiger partial charge in [0.15, 0.2) is 18.1 Å². The van der Waals surface area contributed by atoms with Crippen LogP contribution < -0.4 is 30.8 Å². The molecule has 11 heteroatoms. The Morgan fingerprint density at radius 3 is 1.91 bits per heavy atom. The molecule has 3 N–H and O–H groups in total. The number of amides is 1. The van der Waals surface area contributed by atoms with E-state index in [0.29, 0.717) is 11.4 Å². The first-order chi connectivity index (χ1) is 22.8. The molecule has 0 bridgehead atoms. The Bertz CT molecular complexity index is 2140. The molecule has 0 aliphatic carbocycles. The SMILES string of the molecule is CCOc1cc(C(c2c(O)c3ccccc3oc2=O)c2c(O)c3ccccc3oc2=O)ccc1OCC(=O)Nc1ccccc1OC. The van der Waals surface area contributed by atoms with Gasteiger partial charge in [-0.15, -0.1) is 0 Å². The van der Waals surface area contributed by atoms with Gasteiger partial charge in [-0.25, -0.2) is 9.59 Å². The second-order valence-electron chi connectivity index (χ2n) is 10.4. The van der Waals surface area contributed by atoms with Crippen LogP contribution in [0.1, 0.15) is 29.5 Å². The number of carbonyl (C=O) groups excluding carboxylic acids is 1. The van der Waals surface area contributed by atoms with Crippen LogP contribution in [0.5, 0.6) is 28.7 Å². The number of methoxy groups -OCH3 is 1. The summed E-state index contributed by atoms with van der Waals surface area (Å²) >= 11 is 0. The van der Waals surface area contributed by atoms with E-state index in [0.717, 1.165) is 0 Å². The quantitative estimate of drug-likeness (QED) is 0.154. The summed E-state index contributed by atoms with van der Waals surface area (Å²) in [6, 6.07) is 24.3. The molecule has 0 fully saturated rings. The third-order valence-electron chi connectivity index (χ3n) is 7.56. The van der Waals surface area contributed by atoms with Crippen molar-refractivity contribution >= 4 is 33.5 Å². The molecule has 2 heterocycles. The van der Waals surface area contributed by atoms with Gasteiger partial charge in [-0.1, -0.05) is 42.5 Å². The van der Waals surface area contributed by atoms with Crippen molar-refractivity contribution in [1.82, 2.24) is 0 Å². The minimum atomic E-state index is -1.38. The van der Waals surface area contributed by atoms with Gasteiger partial charge in [0.1, 0.15) is 28.4 Å². The average molecular weight is 636 g/mol. The molecular formula is C36H29NO10. The smallest absolute Gasteiger partial charge is 0.344 e. The number of nitrogens with one attached hydrogen (secondary N) is 1. The van der Waals surface area contributed by atoms with Gasteiger partial charge in [0.2, 0.25) is 0 Å². The van der Waals surface area contributed by atoms with E-state index in [2.05, 4.69) is 5.32 Å². The highest BCUT2D eigenvalue weighted by Gasteiger charge is 2.33. The fraction of sp³-hybridized carbons (Fsp3) is 0.139. The first kappa shape index (κ1) is 30.8. The zero-order valence-electron chi connectivity index (χ0n) is 25.3. The van der Waals surface area contributed by atoms with E-state index in [1.807, 2.05) is 0 Å². The van der Waals surface area contributed by atoms with Gasteiger partial charge in [-0.2, -0.15) is 0 Å². The second kappa shape index (κ2) is 13.0. The van der Waals surface area contributed by atoms with E-state index in [-0.39, 0.29) is 63.3 Å². The van der Waals surface area contributed by atoms with E-state index in [9.17, 15) is 24.6 Å². The topological polar surface area (TPSA) is 158 Å². The molecule has 0 spiro atoms. The molecule has 0 atom stereocenters. The lowest BCUT2D eigenvalue weighted by Crippen LogP contribution is -2.22. The number of fused-ring (bicyclic) bond motifs is 2. The predicted octanol–water partition coefficient (Wildman–Crippen LogP) is 5.92. The molecule has 238 valence electrons. The predicted molar refractivity (Wildman–Crippen MR) is 174 cm³/mol. The Labute approximate surface area is 267 Å². The number of ether oxygens (including phenoxy) is 3. The maximum absolute atomic E-state index is 13.5. The second-order valence-corrected chi connectivity index (χ2v) is 10.4. The van der Waals surface area contributed by atoms with E-state index in [1.54, 1.807) is 67.6 Å². The number of benzene rings is 4. The fourth-order valence-electron chi connectivity index (χ4n) is 5.45. The van der Waals surface area contributed by atoms with Gasteiger partial charge in [0.05, 0.1) is 47.2 Å². The molecule has 47 heavy (non-hydrogen) atoms. The lowest BCUT2D eigenvalue weighted by Gasteiger charge is -2.21. The molecule has 4 aromatic carbocycles. The summed E-state index contributed by atoms with van der Waals surface area (Å²) in [7, 11) is 1.49. The van der Waals surface area contributed by atoms with Crippen LogP contribution in [0.3, 0.4) is 0 Å². The molecule has 0 saturated heterocycles. The van der Waals surface area contributed by atoms with Gasteiger partial charge in [0, 0.05) is 0 Å². The number of rotatable bonds is 10. The number of aromatic hydroxyl groups is 2. The van der Waals surface area contributed by atoms with Crippen molar-refractivity contribution < 1.29 is 38.1 Å². The number of carbonyl (C=O) groups is 1. The van der Waals surface area contributed by atoms with Gasteiger partial charge >= 0.3 is 11.3 Å². The summed E-state index contributed by atoms with van der Waals surface area (Å²) in [5, 5.41) is 26.1. The number of hydrogen-bond acceptors (Lipinski definition) is 10. The van der Waals surface area contributed by atoms with Crippen molar-refractivity contribution in [3.63, 3.8) is 0 Å². The zero-order chi connectivity index (χ0) is 33.1. The van der Waals surface area contributed by atoms with Crippen LogP contribution in [0.4, 0.5) is 5.69 Å². The molecule has 0 aliphatic rings. The van der Waals surface area contributed by atoms with Crippen molar-refractivity contribution in [2.24, 2.45) is 0 Å². The third kappa shape index (κ3) is 5.94. The van der Waals surface area contributed by atoms with Crippen molar-refractivity contribution in [2.45, 2.75) is 12.8 Å². The minimum absolute atomic E-state index is 0.137. The van der Waals surface area contributed by atoms with Crippen LogP contribution in [0.2, 0.25) is 0 Å². The van der Waals surface area contributed by atoms with E-state index < -0.39 is 34.6 Å². The molecule has 6 rings (SSSR count). The van der Waals surface area contributed by atoms with Crippen molar-refractivity contribution in [2.75, 3.05) is 25.6 Å². The van der Waals surface area contributed by atoms with Gasteiger partial charge in [-0.3, -0.25) is 4.79 Å². The summed E-state index contributed by atoms with van der Waals surface area (Å²) in [4.78, 5) is 39.8. The Morgan fingerprint density at radius 2 is 1.32 bits per heavy atom. The molecule has 6 aromatic rings. The first-order valence-corrected chi connectivity index (χ1v) is 14.6. The number of hydrogen-bond donors (Lipinski definition) is 3. The van der Waals surface area contributed by atoms with E-state index in [4.69, 9.17) is 23.0 Å². The lowest BCUT2D eigenvalue weighted by molar-refractivity contribution is -0.118. The molecule has 0 unspecified atom stereocenters. The molecule has 0 radical (unpaired) electrons. The monoisotopic (exact) mass is 635 g/mol. The largest absolute Gasteiger partial charge is 0.507 e. The van der Waals surface area contributed by atoms with Crippen LogP contribution in [0.15, 0.2) is 109 Å².